The van der Waals surface area contributed by atoms with E-state index < -0.39 is 5.82 Å². The van der Waals surface area contributed by atoms with Gasteiger partial charge in [-0.05, 0) is 49.2 Å². The molecule has 0 saturated heterocycles. The highest BCUT2D eigenvalue weighted by atomic mass is 19.1. The Bertz CT molecular complexity index is 793. The molecular weight excluding hydrogens is 255 g/mol. The van der Waals surface area contributed by atoms with Gasteiger partial charge in [-0.3, -0.25) is 4.57 Å². The molecule has 0 aliphatic rings. The minimum absolute atomic E-state index is 0.282. The van der Waals surface area contributed by atoms with Crippen LogP contribution in [-0.2, 0) is 6.61 Å². The molecule has 0 atom stereocenters. The molecule has 0 radical (unpaired) electrons. The normalized spacial score (nSPS) is 11.2. The molecule has 0 unspecified atom stereocenters. The van der Waals surface area contributed by atoms with Gasteiger partial charge in [0.2, 0.25) is 0 Å². The van der Waals surface area contributed by atoms with Crippen LogP contribution in [0.5, 0.6) is 0 Å². The summed E-state index contributed by atoms with van der Waals surface area (Å²) in [5.41, 5.74) is 5.00. The number of aliphatic hydroxyl groups excluding tert-OH is 1. The van der Waals surface area contributed by atoms with Crippen LogP contribution in [0, 0.1) is 19.7 Å². The third kappa shape index (κ3) is 1.89. The summed E-state index contributed by atoms with van der Waals surface area (Å²) in [5, 5.41) is 9.40. The van der Waals surface area contributed by atoms with E-state index in [0.29, 0.717) is 5.69 Å². The summed E-state index contributed by atoms with van der Waals surface area (Å²) in [4.78, 5) is 4.36. The third-order valence-corrected chi connectivity index (χ3v) is 3.67. The molecule has 1 heterocycles. The zero-order valence-corrected chi connectivity index (χ0v) is 11.4. The molecule has 0 aliphatic carbocycles. The van der Waals surface area contributed by atoms with E-state index in [2.05, 4.69) is 4.98 Å². The molecule has 0 saturated carbocycles. The van der Waals surface area contributed by atoms with Crippen LogP contribution >= 0.6 is 0 Å². The quantitative estimate of drug-likeness (QED) is 0.776. The largest absolute Gasteiger partial charge is 0.391 e. The second-order valence-electron chi connectivity index (χ2n) is 4.94. The van der Waals surface area contributed by atoms with Gasteiger partial charge in [0.15, 0.2) is 0 Å². The van der Waals surface area contributed by atoms with Crippen molar-refractivity contribution in [3.05, 3.63) is 59.2 Å². The fraction of sp³-hybridized carbons (Fsp3) is 0.188. The lowest BCUT2D eigenvalue weighted by Crippen LogP contribution is -2.01. The lowest BCUT2D eigenvalue weighted by atomic mass is 10.1. The number of fused-ring (bicyclic) bond motifs is 1. The van der Waals surface area contributed by atoms with E-state index >= 15 is 0 Å². The van der Waals surface area contributed by atoms with Crippen LogP contribution in [0.4, 0.5) is 4.39 Å². The van der Waals surface area contributed by atoms with Crippen LogP contribution < -0.4 is 0 Å². The van der Waals surface area contributed by atoms with Crippen LogP contribution in [0.3, 0.4) is 0 Å². The van der Waals surface area contributed by atoms with Crippen LogP contribution in [0.1, 0.15) is 16.7 Å². The van der Waals surface area contributed by atoms with Crippen molar-refractivity contribution >= 4 is 11.0 Å². The maximum atomic E-state index is 13.8. The van der Waals surface area contributed by atoms with Gasteiger partial charge in [0, 0.05) is 5.56 Å². The summed E-state index contributed by atoms with van der Waals surface area (Å²) in [7, 11) is 0. The molecule has 102 valence electrons. The first-order chi connectivity index (χ1) is 9.61. The molecule has 0 spiro atoms. The average molecular weight is 270 g/mol. The maximum Gasteiger partial charge on any atom is 0.130 e. The van der Waals surface area contributed by atoms with Gasteiger partial charge in [0.05, 0.1) is 23.3 Å². The van der Waals surface area contributed by atoms with E-state index in [-0.39, 0.29) is 12.2 Å². The number of aliphatic hydroxyl groups is 1. The Morgan fingerprint density at radius 2 is 1.95 bits per heavy atom. The first-order valence-corrected chi connectivity index (χ1v) is 6.44. The number of rotatable bonds is 2. The van der Waals surface area contributed by atoms with E-state index in [9.17, 15) is 9.50 Å². The van der Waals surface area contributed by atoms with Crippen molar-refractivity contribution in [3.63, 3.8) is 0 Å². The van der Waals surface area contributed by atoms with Gasteiger partial charge < -0.3 is 5.11 Å². The molecule has 0 amide bonds. The number of halogens is 1. The zero-order valence-electron chi connectivity index (χ0n) is 11.4. The number of nitrogens with zero attached hydrogens (tertiary/aromatic N) is 2. The molecule has 3 aromatic rings. The summed E-state index contributed by atoms with van der Waals surface area (Å²) >= 11 is 0. The van der Waals surface area contributed by atoms with Gasteiger partial charge in [-0.2, -0.15) is 0 Å². The molecule has 1 N–H and O–H groups in total. The summed E-state index contributed by atoms with van der Waals surface area (Å²) in [6.07, 6.45) is 1.66. The van der Waals surface area contributed by atoms with Crippen molar-refractivity contribution in [2.24, 2.45) is 0 Å². The van der Waals surface area contributed by atoms with Crippen LogP contribution in [-0.4, -0.2) is 14.7 Å². The number of aryl methyl sites for hydroxylation is 2. The van der Waals surface area contributed by atoms with Gasteiger partial charge in [0.1, 0.15) is 12.1 Å². The number of hydrogen-bond acceptors (Lipinski definition) is 2. The molecular formula is C16H15FN2O. The predicted octanol–water partition coefficient (Wildman–Crippen LogP) is 3.27. The van der Waals surface area contributed by atoms with Gasteiger partial charge in [-0.15, -0.1) is 0 Å². The van der Waals surface area contributed by atoms with Crippen molar-refractivity contribution in [2.45, 2.75) is 20.5 Å². The Labute approximate surface area is 116 Å². The highest BCUT2D eigenvalue weighted by molar-refractivity contribution is 5.79. The Balaban J connectivity index is 2.30. The number of imidazole rings is 1. The highest BCUT2D eigenvalue weighted by Gasteiger charge is 2.12. The minimum atomic E-state index is -0.407. The minimum Gasteiger partial charge on any atom is -0.391 e. The monoisotopic (exact) mass is 270 g/mol. The number of benzene rings is 2. The second kappa shape index (κ2) is 4.72. The lowest BCUT2D eigenvalue weighted by molar-refractivity contribution is 0.275. The number of aromatic nitrogens is 2. The first-order valence-electron chi connectivity index (χ1n) is 6.44. The fourth-order valence-corrected chi connectivity index (χ4v) is 2.39. The zero-order chi connectivity index (χ0) is 14.3. The molecule has 0 aliphatic heterocycles. The van der Waals surface area contributed by atoms with Gasteiger partial charge in [-0.25, -0.2) is 9.37 Å². The van der Waals surface area contributed by atoms with Gasteiger partial charge in [0.25, 0.3) is 0 Å². The average Bonchev–Trinajstić information content (AvgIpc) is 2.81. The van der Waals surface area contributed by atoms with Crippen molar-refractivity contribution in [1.29, 1.82) is 0 Å². The van der Waals surface area contributed by atoms with E-state index in [0.717, 1.165) is 16.6 Å². The Kier molecular flexibility index (Phi) is 3.03. The second-order valence-corrected chi connectivity index (χ2v) is 4.94. The van der Waals surface area contributed by atoms with Crippen molar-refractivity contribution in [1.82, 2.24) is 9.55 Å². The van der Waals surface area contributed by atoms with E-state index in [1.54, 1.807) is 18.5 Å². The third-order valence-electron chi connectivity index (χ3n) is 3.67. The molecule has 20 heavy (non-hydrogen) atoms. The summed E-state index contributed by atoms with van der Waals surface area (Å²) in [5.74, 6) is -0.407. The Morgan fingerprint density at radius 3 is 2.70 bits per heavy atom. The maximum absolute atomic E-state index is 13.8. The molecule has 1 aromatic heterocycles. The van der Waals surface area contributed by atoms with E-state index in [4.69, 9.17) is 0 Å². The smallest absolute Gasteiger partial charge is 0.130 e. The standard InChI is InChI=1S/C16H15FN2O/c1-10-6-14-16(7-11(10)2)19(9-18-14)15-5-3-4-13(17)12(15)8-20/h3-7,9,20H,8H2,1-2H3. The highest BCUT2D eigenvalue weighted by Crippen LogP contribution is 2.25. The van der Waals surface area contributed by atoms with E-state index in [1.165, 1.54) is 11.6 Å². The summed E-state index contributed by atoms with van der Waals surface area (Å²) in [6, 6.07) is 8.81. The predicted molar refractivity (Wildman–Crippen MR) is 76.4 cm³/mol. The Hall–Kier alpha value is -2.20. The fourth-order valence-electron chi connectivity index (χ4n) is 2.39. The molecule has 0 fully saturated rings. The van der Waals surface area contributed by atoms with Crippen molar-refractivity contribution < 1.29 is 9.50 Å². The van der Waals surface area contributed by atoms with Gasteiger partial charge >= 0.3 is 0 Å². The molecule has 4 heteroatoms. The topological polar surface area (TPSA) is 38.0 Å². The lowest BCUT2D eigenvalue weighted by Gasteiger charge is -2.11. The molecule has 0 bridgehead atoms. The van der Waals surface area contributed by atoms with Gasteiger partial charge in [-0.1, -0.05) is 6.07 Å². The van der Waals surface area contributed by atoms with Crippen molar-refractivity contribution in [2.75, 3.05) is 0 Å². The molecule has 2 aromatic carbocycles. The van der Waals surface area contributed by atoms with Crippen LogP contribution in [0.25, 0.3) is 16.7 Å². The molecule has 3 nitrogen and oxygen atoms in total. The molecule has 3 rings (SSSR count). The van der Waals surface area contributed by atoms with Crippen LogP contribution in [0.2, 0.25) is 0 Å². The van der Waals surface area contributed by atoms with E-state index in [1.807, 2.05) is 30.5 Å². The van der Waals surface area contributed by atoms with Crippen molar-refractivity contribution in [3.8, 4) is 5.69 Å². The summed E-state index contributed by atoms with van der Waals surface area (Å²) in [6.45, 7) is 3.73. The SMILES string of the molecule is Cc1cc2ncn(-c3cccc(F)c3CO)c2cc1C. The number of hydrogen-bond donors (Lipinski definition) is 1. The van der Waals surface area contributed by atoms with Crippen LogP contribution in [0.15, 0.2) is 36.7 Å². The summed E-state index contributed by atoms with van der Waals surface area (Å²) < 4.78 is 15.6. The first kappa shape index (κ1) is 12.8. The Morgan fingerprint density at radius 1 is 1.20 bits per heavy atom.